The van der Waals surface area contributed by atoms with Gasteiger partial charge in [0.15, 0.2) is 0 Å². The Morgan fingerprint density at radius 3 is 2.33 bits per heavy atom. The predicted octanol–water partition coefficient (Wildman–Crippen LogP) is 2.11. The smallest absolute Gasteiger partial charge is 0.324 e. The quantitative estimate of drug-likeness (QED) is 0.861. The Morgan fingerprint density at radius 1 is 1.38 bits per heavy atom. The molecular formula is C13H15ClN2O4S. The number of nitrogens with zero attached hydrogens (tertiary/aromatic N) is 2. The van der Waals surface area contributed by atoms with Crippen molar-refractivity contribution in [1.82, 2.24) is 4.31 Å². The fourth-order valence-corrected chi connectivity index (χ4v) is 3.56. The third-order valence-electron chi connectivity index (χ3n) is 2.98. The highest BCUT2D eigenvalue weighted by Gasteiger charge is 2.42. The Balaban J connectivity index is 3.34. The van der Waals surface area contributed by atoms with Crippen molar-refractivity contribution in [3.05, 3.63) is 29.3 Å². The fraction of sp³-hybridized carbons (Fsp3) is 0.385. The largest absolute Gasteiger partial charge is 0.480 e. The summed E-state index contributed by atoms with van der Waals surface area (Å²) >= 11 is 5.72. The second-order valence-corrected chi connectivity index (χ2v) is 7.10. The summed E-state index contributed by atoms with van der Waals surface area (Å²) < 4.78 is 26.0. The molecule has 0 atom stereocenters. The van der Waals surface area contributed by atoms with Crippen molar-refractivity contribution in [2.75, 3.05) is 6.54 Å². The summed E-state index contributed by atoms with van der Waals surface area (Å²) in [7, 11) is -4.05. The van der Waals surface area contributed by atoms with Crippen LogP contribution < -0.4 is 0 Å². The lowest BCUT2D eigenvalue weighted by Crippen LogP contribution is -2.53. The molecule has 0 fully saturated rings. The first kappa shape index (κ1) is 17.4. The molecule has 1 aromatic rings. The molecular weight excluding hydrogens is 316 g/mol. The third kappa shape index (κ3) is 3.73. The van der Waals surface area contributed by atoms with E-state index in [1.165, 1.54) is 38.1 Å². The number of aliphatic carboxylic acids is 1. The molecule has 0 aliphatic rings. The van der Waals surface area contributed by atoms with Gasteiger partial charge in [-0.3, -0.25) is 4.79 Å². The molecule has 1 rings (SSSR count). The van der Waals surface area contributed by atoms with Crippen molar-refractivity contribution in [2.24, 2.45) is 0 Å². The molecule has 0 spiro atoms. The molecule has 114 valence electrons. The van der Waals surface area contributed by atoms with Crippen LogP contribution >= 0.6 is 11.6 Å². The van der Waals surface area contributed by atoms with Crippen molar-refractivity contribution >= 4 is 27.6 Å². The molecule has 0 unspecified atom stereocenters. The van der Waals surface area contributed by atoms with Gasteiger partial charge in [-0.25, -0.2) is 8.42 Å². The number of carbonyl (C=O) groups is 1. The summed E-state index contributed by atoms with van der Waals surface area (Å²) in [5, 5.41) is 18.3. The Kier molecular flexibility index (Phi) is 5.34. The van der Waals surface area contributed by atoms with E-state index in [9.17, 15) is 18.3 Å². The van der Waals surface area contributed by atoms with Gasteiger partial charge in [0.05, 0.1) is 11.0 Å². The SMILES string of the molecule is CC(C)(C(=O)O)N(CCC#N)S(=O)(=O)c1ccc(Cl)cc1. The maximum absolute atomic E-state index is 12.6. The topological polar surface area (TPSA) is 98.5 Å². The van der Waals surface area contributed by atoms with E-state index in [2.05, 4.69) is 0 Å². The summed E-state index contributed by atoms with van der Waals surface area (Å²) in [6, 6.07) is 7.24. The van der Waals surface area contributed by atoms with Crippen molar-refractivity contribution in [3.63, 3.8) is 0 Å². The molecule has 0 aliphatic carbocycles. The minimum absolute atomic E-state index is 0.0702. The highest BCUT2D eigenvalue weighted by molar-refractivity contribution is 7.89. The van der Waals surface area contributed by atoms with Crippen LogP contribution in [0.2, 0.25) is 5.02 Å². The van der Waals surface area contributed by atoms with Gasteiger partial charge in [0.25, 0.3) is 0 Å². The maximum Gasteiger partial charge on any atom is 0.324 e. The predicted molar refractivity (Wildman–Crippen MR) is 77.3 cm³/mol. The molecule has 1 N–H and O–H groups in total. The van der Waals surface area contributed by atoms with Gasteiger partial charge in [0.2, 0.25) is 10.0 Å². The van der Waals surface area contributed by atoms with Crippen LogP contribution in [-0.4, -0.2) is 35.9 Å². The number of hydrogen-bond donors (Lipinski definition) is 1. The summed E-state index contributed by atoms with van der Waals surface area (Å²) in [5.41, 5.74) is -1.67. The summed E-state index contributed by atoms with van der Waals surface area (Å²) in [6.07, 6.45) is -0.108. The summed E-state index contributed by atoms with van der Waals surface area (Å²) in [5.74, 6) is -1.29. The molecule has 0 saturated heterocycles. The molecule has 0 amide bonds. The van der Waals surface area contributed by atoms with Crippen molar-refractivity contribution in [3.8, 4) is 6.07 Å². The lowest BCUT2D eigenvalue weighted by molar-refractivity contribution is -0.146. The minimum atomic E-state index is -4.05. The molecule has 0 aromatic heterocycles. The zero-order valence-electron chi connectivity index (χ0n) is 11.6. The van der Waals surface area contributed by atoms with Crippen LogP contribution in [0.15, 0.2) is 29.2 Å². The number of sulfonamides is 1. The first-order chi connectivity index (χ1) is 9.64. The van der Waals surface area contributed by atoms with Gasteiger partial charge in [0, 0.05) is 18.0 Å². The second-order valence-electron chi connectivity index (χ2n) is 4.80. The third-order valence-corrected chi connectivity index (χ3v) is 5.31. The number of halogens is 1. The highest BCUT2D eigenvalue weighted by atomic mass is 35.5. The average molecular weight is 331 g/mol. The van der Waals surface area contributed by atoms with Crippen molar-refractivity contribution < 1.29 is 18.3 Å². The molecule has 0 heterocycles. The summed E-state index contributed by atoms with van der Waals surface area (Å²) in [4.78, 5) is 11.3. The van der Waals surface area contributed by atoms with Gasteiger partial charge in [0.1, 0.15) is 5.54 Å². The number of carboxylic acid groups (broad SMARTS) is 1. The molecule has 0 aliphatic heterocycles. The maximum atomic E-state index is 12.6. The highest BCUT2D eigenvalue weighted by Crippen LogP contribution is 2.26. The van der Waals surface area contributed by atoms with Gasteiger partial charge in [-0.15, -0.1) is 0 Å². The van der Waals surface area contributed by atoms with Crippen LogP contribution in [-0.2, 0) is 14.8 Å². The van der Waals surface area contributed by atoms with E-state index in [4.69, 9.17) is 16.9 Å². The van der Waals surface area contributed by atoms with E-state index < -0.39 is 21.5 Å². The number of benzene rings is 1. The Morgan fingerprint density at radius 2 is 1.90 bits per heavy atom. The van der Waals surface area contributed by atoms with Crippen LogP contribution in [0.25, 0.3) is 0 Å². The van der Waals surface area contributed by atoms with Crippen LogP contribution in [0.1, 0.15) is 20.3 Å². The van der Waals surface area contributed by atoms with E-state index in [0.29, 0.717) is 5.02 Å². The lowest BCUT2D eigenvalue weighted by Gasteiger charge is -2.33. The van der Waals surface area contributed by atoms with Crippen molar-refractivity contribution in [2.45, 2.75) is 30.7 Å². The number of carboxylic acids is 1. The Hall–Kier alpha value is -1.62. The van der Waals surface area contributed by atoms with Gasteiger partial charge >= 0.3 is 5.97 Å². The first-order valence-electron chi connectivity index (χ1n) is 6.03. The zero-order chi connectivity index (χ0) is 16.3. The van der Waals surface area contributed by atoms with Crippen molar-refractivity contribution in [1.29, 1.82) is 5.26 Å². The minimum Gasteiger partial charge on any atom is -0.480 e. The van der Waals surface area contributed by atoms with Gasteiger partial charge < -0.3 is 5.11 Å². The van der Waals surface area contributed by atoms with Crippen LogP contribution in [0.4, 0.5) is 0 Å². The molecule has 0 bridgehead atoms. The van der Waals surface area contributed by atoms with Gasteiger partial charge in [-0.2, -0.15) is 9.57 Å². The monoisotopic (exact) mass is 330 g/mol. The molecule has 1 aromatic carbocycles. The molecule has 0 radical (unpaired) electrons. The number of rotatable bonds is 6. The van der Waals surface area contributed by atoms with E-state index in [0.717, 1.165) is 4.31 Å². The molecule has 6 nitrogen and oxygen atoms in total. The standard InChI is InChI=1S/C13H15ClN2O4S/c1-13(2,12(17)18)16(9-3-8-15)21(19,20)11-6-4-10(14)5-7-11/h4-7H,3,9H2,1-2H3,(H,17,18). The number of hydrogen-bond acceptors (Lipinski definition) is 4. The van der Waals surface area contributed by atoms with E-state index in [1.54, 1.807) is 0 Å². The Bertz CT molecular complexity index is 662. The van der Waals surface area contributed by atoms with E-state index >= 15 is 0 Å². The molecule has 0 saturated carbocycles. The fourth-order valence-electron chi connectivity index (χ4n) is 1.69. The Labute approximate surface area is 128 Å². The average Bonchev–Trinajstić information content (AvgIpc) is 2.39. The number of nitriles is 1. The van der Waals surface area contributed by atoms with E-state index in [1.807, 2.05) is 6.07 Å². The lowest BCUT2D eigenvalue weighted by atomic mass is 10.1. The molecule has 8 heteroatoms. The van der Waals surface area contributed by atoms with Crippen LogP contribution in [0.3, 0.4) is 0 Å². The van der Waals surface area contributed by atoms with Crippen LogP contribution in [0, 0.1) is 11.3 Å². The zero-order valence-corrected chi connectivity index (χ0v) is 13.1. The summed E-state index contributed by atoms with van der Waals surface area (Å²) in [6.45, 7) is 2.35. The molecule has 21 heavy (non-hydrogen) atoms. The second kappa shape index (κ2) is 6.43. The van der Waals surface area contributed by atoms with Gasteiger partial charge in [-0.05, 0) is 38.1 Å². The normalized spacial score (nSPS) is 12.1. The van der Waals surface area contributed by atoms with E-state index in [-0.39, 0.29) is 17.9 Å². The van der Waals surface area contributed by atoms with Crippen LogP contribution in [0.5, 0.6) is 0 Å². The first-order valence-corrected chi connectivity index (χ1v) is 7.84. The van der Waals surface area contributed by atoms with Gasteiger partial charge in [-0.1, -0.05) is 11.6 Å².